The van der Waals surface area contributed by atoms with E-state index in [2.05, 4.69) is 4.98 Å². The Balaban J connectivity index is 2.28. The zero-order valence-corrected chi connectivity index (χ0v) is 11.8. The molecule has 1 aromatic rings. The molecule has 0 spiro atoms. The van der Waals surface area contributed by atoms with E-state index in [0.29, 0.717) is 17.2 Å². The first-order chi connectivity index (χ1) is 7.87. The van der Waals surface area contributed by atoms with Crippen LogP contribution < -0.4 is 0 Å². The standard InChI is InChI=1S/C12H16ClNO2S/c1-12(2,3)16-11(15)6-7-17-10-5-4-9(13)8-14-10/h4-5,8H,6-7H2,1-3H3. The van der Waals surface area contributed by atoms with Crippen LogP contribution in [0.25, 0.3) is 0 Å². The van der Waals surface area contributed by atoms with Crippen molar-refractivity contribution >= 4 is 29.3 Å². The maximum atomic E-state index is 11.4. The van der Waals surface area contributed by atoms with Crippen LogP contribution in [0.5, 0.6) is 0 Å². The average Bonchev–Trinajstić information content (AvgIpc) is 2.18. The van der Waals surface area contributed by atoms with E-state index in [1.54, 1.807) is 12.3 Å². The summed E-state index contributed by atoms with van der Waals surface area (Å²) in [5.74, 6) is 0.475. The molecule has 0 aromatic carbocycles. The van der Waals surface area contributed by atoms with Gasteiger partial charge in [0.25, 0.3) is 0 Å². The number of halogens is 1. The molecule has 0 N–H and O–H groups in total. The number of hydrogen-bond donors (Lipinski definition) is 0. The van der Waals surface area contributed by atoms with E-state index in [1.165, 1.54) is 11.8 Å². The van der Waals surface area contributed by atoms with Crippen molar-refractivity contribution in [3.05, 3.63) is 23.4 Å². The summed E-state index contributed by atoms with van der Waals surface area (Å²) in [4.78, 5) is 15.6. The van der Waals surface area contributed by atoms with Crippen LogP contribution in [0.1, 0.15) is 27.2 Å². The number of hydrogen-bond acceptors (Lipinski definition) is 4. The van der Waals surface area contributed by atoms with Crippen molar-refractivity contribution in [3.8, 4) is 0 Å². The van der Waals surface area contributed by atoms with Crippen molar-refractivity contribution in [3.63, 3.8) is 0 Å². The monoisotopic (exact) mass is 273 g/mol. The van der Waals surface area contributed by atoms with Crippen LogP contribution in [0.15, 0.2) is 23.4 Å². The lowest BCUT2D eigenvalue weighted by molar-refractivity contribution is -0.154. The zero-order chi connectivity index (χ0) is 12.9. The topological polar surface area (TPSA) is 39.2 Å². The fourth-order valence-corrected chi connectivity index (χ4v) is 1.96. The van der Waals surface area contributed by atoms with Gasteiger partial charge < -0.3 is 4.74 Å². The highest BCUT2D eigenvalue weighted by Gasteiger charge is 2.15. The van der Waals surface area contributed by atoms with Crippen LogP contribution in [0.4, 0.5) is 0 Å². The molecule has 3 nitrogen and oxygen atoms in total. The first-order valence-electron chi connectivity index (χ1n) is 5.33. The molecule has 0 bridgehead atoms. The van der Waals surface area contributed by atoms with E-state index in [1.807, 2.05) is 26.8 Å². The Bertz CT molecular complexity index is 373. The number of pyridine rings is 1. The van der Waals surface area contributed by atoms with E-state index in [4.69, 9.17) is 16.3 Å². The third kappa shape index (κ3) is 6.54. The molecule has 0 unspecified atom stereocenters. The first-order valence-corrected chi connectivity index (χ1v) is 6.69. The second kappa shape index (κ2) is 6.26. The third-order valence-electron chi connectivity index (χ3n) is 1.68. The number of aromatic nitrogens is 1. The maximum Gasteiger partial charge on any atom is 0.307 e. The smallest absolute Gasteiger partial charge is 0.307 e. The van der Waals surface area contributed by atoms with Crippen molar-refractivity contribution in [2.24, 2.45) is 0 Å². The van der Waals surface area contributed by atoms with Crippen molar-refractivity contribution in [2.75, 3.05) is 5.75 Å². The molecule has 0 aliphatic carbocycles. The van der Waals surface area contributed by atoms with Crippen molar-refractivity contribution in [1.82, 2.24) is 4.98 Å². The molecule has 0 fully saturated rings. The van der Waals surface area contributed by atoms with Crippen molar-refractivity contribution in [2.45, 2.75) is 37.8 Å². The molecule has 0 aliphatic rings. The third-order valence-corrected chi connectivity index (χ3v) is 2.85. The summed E-state index contributed by atoms with van der Waals surface area (Å²) in [6.45, 7) is 5.58. The number of nitrogens with zero attached hydrogens (tertiary/aromatic N) is 1. The van der Waals surface area contributed by atoms with Gasteiger partial charge in [-0.1, -0.05) is 11.6 Å². The Labute approximate surface area is 111 Å². The van der Waals surface area contributed by atoms with Gasteiger partial charge in [0.1, 0.15) is 5.60 Å². The van der Waals surface area contributed by atoms with Gasteiger partial charge >= 0.3 is 5.97 Å². The van der Waals surface area contributed by atoms with Crippen LogP contribution in [-0.4, -0.2) is 22.3 Å². The second-order valence-electron chi connectivity index (χ2n) is 4.50. The minimum absolute atomic E-state index is 0.182. The summed E-state index contributed by atoms with van der Waals surface area (Å²) in [5, 5.41) is 1.47. The normalized spacial score (nSPS) is 11.3. The molecule has 0 aliphatic heterocycles. The van der Waals surface area contributed by atoms with Gasteiger partial charge in [-0.3, -0.25) is 4.79 Å². The van der Waals surface area contributed by atoms with E-state index in [0.717, 1.165) is 5.03 Å². The molecular formula is C12H16ClNO2S. The molecular weight excluding hydrogens is 258 g/mol. The Kier molecular flexibility index (Phi) is 5.28. The number of carbonyl (C=O) groups is 1. The number of thioether (sulfide) groups is 1. The number of ether oxygens (including phenoxy) is 1. The SMILES string of the molecule is CC(C)(C)OC(=O)CCSc1ccc(Cl)cn1. The van der Waals surface area contributed by atoms with Gasteiger partial charge in [-0.25, -0.2) is 4.98 Å². The molecule has 94 valence electrons. The Morgan fingerprint density at radius 2 is 2.18 bits per heavy atom. The lowest BCUT2D eigenvalue weighted by Gasteiger charge is -2.19. The number of esters is 1. The highest BCUT2D eigenvalue weighted by atomic mass is 35.5. The summed E-state index contributed by atoms with van der Waals surface area (Å²) in [5.41, 5.74) is -0.416. The lowest BCUT2D eigenvalue weighted by atomic mass is 10.2. The van der Waals surface area contributed by atoms with Gasteiger partial charge in [0, 0.05) is 11.9 Å². The van der Waals surface area contributed by atoms with Crippen LogP contribution in [0.3, 0.4) is 0 Å². The predicted molar refractivity (Wildman–Crippen MR) is 70.4 cm³/mol. The predicted octanol–water partition coefficient (Wildman–Crippen LogP) is 3.56. The molecule has 1 rings (SSSR count). The lowest BCUT2D eigenvalue weighted by Crippen LogP contribution is -2.24. The van der Waals surface area contributed by atoms with Gasteiger partial charge in [-0.2, -0.15) is 0 Å². The Hall–Kier alpha value is -0.740. The quantitative estimate of drug-likeness (QED) is 0.621. The van der Waals surface area contributed by atoms with Crippen molar-refractivity contribution in [1.29, 1.82) is 0 Å². The van der Waals surface area contributed by atoms with Crippen LogP contribution in [0, 0.1) is 0 Å². The highest BCUT2D eigenvalue weighted by Crippen LogP contribution is 2.18. The molecule has 5 heteroatoms. The summed E-state index contributed by atoms with van der Waals surface area (Å²) >= 11 is 7.24. The molecule has 0 radical (unpaired) electrons. The number of carbonyl (C=O) groups excluding carboxylic acids is 1. The Morgan fingerprint density at radius 3 is 2.71 bits per heavy atom. The zero-order valence-electron chi connectivity index (χ0n) is 10.2. The first kappa shape index (κ1) is 14.3. The van der Waals surface area contributed by atoms with Gasteiger partial charge in [-0.15, -0.1) is 11.8 Å². The van der Waals surface area contributed by atoms with E-state index >= 15 is 0 Å². The molecule has 17 heavy (non-hydrogen) atoms. The van der Waals surface area contributed by atoms with Gasteiger partial charge in [0.15, 0.2) is 0 Å². The van der Waals surface area contributed by atoms with Crippen LogP contribution in [0.2, 0.25) is 5.02 Å². The maximum absolute atomic E-state index is 11.4. The molecule has 0 amide bonds. The minimum atomic E-state index is -0.416. The van der Waals surface area contributed by atoms with Gasteiger partial charge in [-0.05, 0) is 32.9 Å². The fourth-order valence-electron chi connectivity index (χ4n) is 1.08. The molecule has 0 saturated carbocycles. The van der Waals surface area contributed by atoms with E-state index in [9.17, 15) is 4.79 Å². The Morgan fingerprint density at radius 1 is 1.47 bits per heavy atom. The summed E-state index contributed by atoms with van der Waals surface area (Å²) in [6.07, 6.45) is 1.98. The summed E-state index contributed by atoms with van der Waals surface area (Å²) < 4.78 is 5.20. The van der Waals surface area contributed by atoms with Crippen molar-refractivity contribution < 1.29 is 9.53 Å². The fraction of sp³-hybridized carbons (Fsp3) is 0.500. The van der Waals surface area contributed by atoms with Crippen LogP contribution >= 0.6 is 23.4 Å². The summed E-state index contributed by atoms with van der Waals surface area (Å²) in [7, 11) is 0. The minimum Gasteiger partial charge on any atom is -0.460 e. The van der Waals surface area contributed by atoms with E-state index < -0.39 is 5.60 Å². The molecule has 1 heterocycles. The van der Waals surface area contributed by atoms with E-state index in [-0.39, 0.29) is 5.97 Å². The molecule has 0 saturated heterocycles. The molecule has 1 aromatic heterocycles. The second-order valence-corrected chi connectivity index (χ2v) is 6.05. The molecule has 0 atom stereocenters. The van der Waals surface area contributed by atoms with Crippen LogP contribution in [-0.2, 0) is 9.53 Å². The largest absolute Gasteiger partial charge is 0.460 e. The summed E-state index contributed by atoms with van der Waals surface area (Å²) in [6, 6.07) is 3.62. The van der Waals surface area contributed by atoms with Gasteiger partial charge in [0.05, 0.1) is 16.5 Å². The number of rotatable bonds is 4. The highest BCUT2D eigenvalue weighted by molar-refractivity contribution is 7.99. The van der Waals surface area contributed by atoms with Gasteiger partial charge in [0.2, 0.25) is 0 Å². The average molecular weight is 274 g/mol.